The summed E-state index contributed by atoms with van der Waals surface area (Å²) in [5, 5.41) is 2.46. The van der Waals surface area contributed by atoms with Crippen LogP contribution in [0.3, 0.4) is 0 Å². The van der Waals surface area contributed by atoms with Gasteiger partial charge in [-0.05, 0) is 29.2 Å². The number of alkyl carbamates (subject to hydrolysis) is 1. The Labute approximate surface area is 202 Å². The zero-order valence-corrected chi connectivity index (χ0v) is 18.9. The lowest BCUT2D eigenvalue weighted by Gasteiger charge is -2.17. The first-order valence-corrected chi connectivity index (χ1v) is 10.9. The largest absolute Gasteiger partial charge is 0.449 e. The van der Waals surface area contributed by atoms with Gasteiger partial charge in [-0.15, -0.1) is 0 Å². The lowest BCUT2D eigenvalue weighted by atomic mass is 9.98. The number of benzene rings is 3. The number of carbonyl (C=O) groups is 2. The molecule has 1 amide bonds. The van der Waals surface area contributed by atoms with Gasteiger partial charge in [0.15, 0.2) is 0 Å². The van der Waals surface area contributed by atoms with Crippen molar-refractivity contribution in [3.05, 3.63) is 89.0 Å². The molecule has 10 heteroatoms. The van der Waals surface area contributed by atoms with Crippen LogP contribution in [0, 0.1) is 11.6 Å². The Bertz CT molecular complexity index is 1240. The summed E-state index contributed by atoms with van der Waals surface area (Å²) in [6, 6.07) is 15.3. The molecule has 3 aromatic rings. The third-order valence-corrected chi connectivity index (χ3v) is 5.71. The molecule has 1 N–H and O–H groups in total. The van der Waals surface area contributed by atoms with Crippen LogP contribution in [0.25, 0.3) is 11.1 Å². The molecule has 0 aromatic heterocycles. The minimum Gasteiger partial charge on any atom is -0.449 e. The van der Waals surface area contributed by atoms with E-state index in [1.54, 1.807) is 0 Å². The van der Waals surface area contributed by atoms with Gasteiger partial charge < -0.3 is 14.8 Å². The minimum absolute atomic E-state index is 0.0567. The number of fused-ring (bicyclic) bond motifs is 3. The predicted octanol–water partition coefficient (Wildman–Crippen LogP) is 6.21. The van der Waals surface area contributed by atoms with Crippen LogP contribution in [0.1, 0.15) is 36.0 Å². The number of alkyl halides is 3. The number of halogens is 5. The lowest BCUT2D eigenvalue weighted by molar-refractivity contribution is -0.142. The molecule has 0 saturated carbocycles. The summed E-state index contributed by atoms with van der Waals surface area (Å²) in [5.74, 6) is -5.71. The van der Waals surface area contributed by atoms with Crippen molar-refractivity contribution in [1.82, 2.24) is 5.32 Å². The normalized spacial score (nSPS) is 13.5. The number of hydrogen-bond donors (Lipinski definition) is 1. The summed E-state index contributed by atoms with van der Waals surface area (Å²) in [5.41, 5.74) is 2.11. The van der Waals surface area contributed by atoms with E-state index in [1.807, 2.05) is 48.5 Å². The molecule has 1 aliphatic carbocycles. The van der Waals surface area contributed by atoms with E-state index in [-0.39, 0.29) is 24.7 Å². The maximum absolute atomic E-state index is 13.7. The number of ether oxygens (including phenoxy) is 2. The highest BCUT2D eigenvalue weighted by Crippen LogP contribution is 2.44. The molecule has 0 heterocycles. The van der Waals surface area contributed by atoms with Gasteiger partial charge in [0, 0.05) is 24.1 Å². The molecular weight excluding hydrogens is 485 g/mol. The van der Waals surface area contributed by atoms with Gasteiger partial charge >= 0.3 is 18.2 Å². The average Bonchev–Trinajstić information content (AvgIpc) is 3.09. The van der Waals surface area contributed by atoms with Crippen molar-refractivity contribution in [2.24, 2.45) is 0 Å². The zero-order chi connectivity index (χ0) is 26.0. The van der Waals surface area contributed by atoms with Crippen molar-refractivity contribution in [3.8, 4) is 16.9 Å². The minimum atomic E-state index is -5.24. The van der Waals surface area contributed by atoms with E-state index in [9.17, 15) is 31.5 Å². The Morgan fingerprint density at radius 1 is 0.944 bits per heavy atom. The Morgan fingerprint density at radius 3 is 2.00 bits per heavy atom. The molecule has 0 bridgehead atoms. The third kappa shape index (κ3) is 5.32. The molecule has 1 atom stereocenters. The second-order valence-corrected chi connectivity index (χ2v) is 8.31. The fourth-order valence-electron chi connectivity index (χ4n) is 4.20. The molecule has 0 fully saturated rings. The number of hydrogen-bond acceptors (Lipinski definition) is 4. The number of carbonyl (C=O) groups excluding carboxylic acids is 2. The smallest absolute Gasteiger partial charge is 0.422 e. The third-order valence-electron chi connectivity index (χ3n) is 5.71. The van der Waals surface area contributed by atoms with Crippen LogP contribution < -0.4 is 10.1 Å². The lowest BCUT2D eigenvalue weighted by Crippen LogP contribution is -2.36. The molecule has 36 heavy (non-hydrogen) atoms. The first-order valence-electron chi connectivity index (χ1n) is 10.9. The molecule has 3 aromatic carbocycles. The van der Waals surface area contributed by atoms with Crippen molar-refractivity contribution in [1.29, 1.82) is 0 Å². The topological polar surface area (TPSA) is 64.6 Å². The molecule has 0 aliphatic heterocycles. The standard InChI is InChI=1S/C26H20F5NO4/c1-14(10-23(33)36-15-11-21(27)24(22(28)12-15)26(29,30)31)32-25(34)35-13-20-18-8-4-2-6-16(18)17-7-3-5-9-19(17)20/h2-9,11-12,14,20H,10,13H2,1H3,(H,32,34)/t14-/m0/s1. The molecule has 5 nitrogen and oxygen atoms in total. The fourth-order valence-corrected chi connectivity index (χ4v) is 4.20. The quantitative estimate of drug-likeness (QED) is 0.246. The molecule has 0 spiro atoms. The van der Waals surface area contributed by atoms with Crippen molar-refractivity contribution in [2.45, 2.75) is 31.5 Å². The van der Waals surface area contributed by atoms with Gasteiger partial charge in [0.2, 0.25) is 0 Å². The monoisotopic (exact) mass is 505 g/mol. The Balaban J connectivity index is 1.31. The van der Waals surface area contributed by atoms with Crippen LogP contribution in [0.15, 0.2) is 60.7 Å². The molecule has 1 aliphatic rings. The molecule has 188 valence electrons. The van der Waals surface area contributed by atoms with E-state index in [0.29, 0.717) is 0 Å². The summed E-state index contributed by atoms with van der Waals surface area (Å²) in [4.78, 5) is 24.4. The van der Waals surface area contributed by atoms with Gasteiger partial charge in [-0.3, -0.25) is 4.79 Å². The van der Waals surface area contributed by atoms with Gasteiger partial charge in [-0.1, -0.05) is 48.5 Å². The number of esters is 1. The second-order valence-electron chi connectivity index (χ2n) is 8.31. The summed E-state index contributed by atoms with van der Waals surface area (Å²) >= 11 is 0. The molecular formula is C26H20F5NO4. The SMILES string of the molecule is C[C@@H](CC(=O)Oc1cc(F)c(C(F)(F)F)c(F)c1)NC(=O)OCC1c2ccccc2-c2ccccc21. The van der Waals surface area contributed by atoms with Crippen LogP contribution in [-0.2, 0) is 15.7 Å². The maximum atomic E-state index is 13.7. The van der Waals surface area contributed by atoms with Crippen molar-refractivity contribution in [3.63, 3.8) is 0 Å². The van der Waals surface area contributed by atoms with Gasteiger partial charge in [0.05, 0.1) is 6.42 Å². The van der Waals surface area contributed by atoms with E-state index >= 15 is 0 Å². The van der Waals surface area contributed by atoms with Crippen LogP contribution in [0.5, 0.6) is 5.75 Å². The number of rotatable bonds is 6. The van der Waals surface area contributed by atoms with E-state index < -0.39 is 53.6 Å². The van der Waals surface area contributed by atoms with E-state index in [1.165, 1.54) is 6.92 Å². The van der Waals surface area contributed by atoms with Gasteiger partial charge in [0.25, 0.3) is 0 Å². The van der Waals surface area contributed by atoms with Gasteiger partial charge in [-0.2, -0.15) is 13.2 Å². The van der Waals surface area contributed by atoms with Gasteiger partial charge in [0.1, 0.15) is 29.6 Å². The maximum Gasteiger partial charge on any atom is 0.422 e. The first kappa shape index (κ1) is 25.2. The summed E-state index contributed by atoms with van der Waals surface area (Å²) in [6.07, 6.45) is -6.45. The molecule has 4 rings (SSSR count). The van der Waals surface area contributed by atoms with Crippen molar-refractivity contribution < 1.29 is 41.0 Å². The van der Waals surface area contributed by atoms with Crippen molar-refractivity contribution >= 4 is 12.1 Å². The average molecular weight is 505 g/mol. The number of nitrogens with one attached hydrogen (secondary N) is 1. The van der Waals surface area contributed by atoms with Crippen LogP contribution in [-0.4, -0.2) is 24.7 Å². The highest BCUT2D eigenvalue weighted by molar-refractivity contribution is 5.79. The Hall–Kier alpha value is -3.95. The molecule has 0 radical (unpaired) electrons. The highest BCUT2D eigenvalue weighted by Gasteiger charge is 2.38. The van der Waals surface area contributed by atoms with Gasteiger partial charge in [-0.25, -0.2) is 13.6 Å². The number of amides is 1. The first-order chi connectivity index (χ1) is 17.0. The second kappa shape index (κ2) is 9.96. The summed E-state index contributed by atoms with van der Waals surface area (Å²) < 4.78 is 75.4. The summed E-state index contributed by atoms with van der Waals surface area (Å²) in [7, 11) is 0. The van der Waals surface area contributed by atoms with E-state index in [4.69, 9.17) is 9.47 Å². The summed E-state index contributed by atoms with van der Waals surface area (Å²) in [6.45, 7) is 1.53. The fraction of sp³-hybridized carbons (Fsp3) is 0.231. The van der Waals surface area contributed by atoms with Crippen LogP contribution >= 0.6 is 0 Å². The van der Waals surface area contributed by atoms with E-state index in [0.717, 1.165) is 22.3 Å². The highest BCUT2D eigenvalue weighted by atomic mass is 19.4. The van der Waals surface area contributed by atoms with Crippen LogP contribution in [0.4, 0.5) is 26.7 Å². The predicted molar refractivity (Wildman–Crippen MR) is 119 cm³/mol. The van der Waals surface area contributed by atoms with Crippen molar-refractivity contribution in [2.75, 3.05) is 6.61 Å². The van der Waals surface area contributed by atoms with Crippen LogP contribution in [0.2, 0.25) is 0 Å². The molecule has 0 saturated heterocycles. The zero-order valence-electron chi connectivity index (χ0n) is 18.9. The Morgan fingerprint density at radius 2 is 1.47 bits per heavy atom. The Kier molecular flexibility index (Phi) is 6.96. The van der Waals surface area contributed by atoms with E-state index in [2.05, 4.69) is 5.32 Å². The molecule has 0 unspecified atom stereocenters.